The second kappa shape index (κ2) is 5.78. The monoisotopic (exact) mass is 363 g/mol. The van der Waals surface area contributed by atoms with Crippen LogP contribution in [0.2, 0.25) is 0 Å². The Morgan fingerprint density at radius 3 is 2.88 bits per heavy atom. The van der Waals surface area contributed by atoms with Gasteiger partial charge >= 0.3 is 0 Å². The highest BCUT2D eigenvalue weighted by Gasteiger charge is 2.21. The molecule has 0 bridgehead atoms. The van der Waals surface area contributed by atoms with E-state index in [1.807, 2.05) is 0 Å². The molecule has 1 nitrogen and oxygen atoms in total. The average molecular weight is 365 g/mol. The molecule has 0 saturated carbocycles. The molecule has 1 aromatic carbocycles. The molecule has 1 saturated heterocycles. The molecule has 0 aliphatic carbocycles. The first-order valence-electron chi connectivity index (χ1n) is 5.50. The second-order valence-electron chi connectivity index (χ2n) is 4.09. The molecule has 0 amide bonds. The molecule has 1 aliphatic rings. The van der Waals surface area contributed by atoms with Crippen molar-refractivity contribution in [3.05, 3.63) is 27.1 Å². The zero-order valence-corrected chi connectivity index (χ0v) is 13.2. The van der Waals surface area contributed by atoms with Crippen molar-refractivity contribution in [1.82, 2.24) is 0 Å². The second-order valence-corrected chi connectivity index (χ2v) is 7.35. The third-order valence-electron chi connectivity index (χ3n) is 2.88. The van der Waals surface area contributed by atoms with Crippen LogP contribution in [-0.4, -0.2) is 17.0 Å². The fourth-order valence-electron chi connectivity index (χ4n) is 1.92. The lowest BCUT2D eigenvalue weighted by atomic mass is 10.1. The summed E-state index contributed by atoms with van der Waals surface area (Å²) >= 11 is 9.13. The van der Waals surface area contributed by atoms with Crippen LogP contribution in [-0.2, 0) is 0 Å². The summed E-state index contributed by atoms with van der Waals surface area (Å²) < 4.78 is 2.24. The van der Waals surface area contributed by atoms with Crippen molar-refractivity contribution in [2.45, 2.75) is 31.1 Å². The van der Waals surface area contributed by atoms with Gasteiger partial charge in [-0.3, -0.25) is 0 Å². The number of benzene rings is 1. The minimum Gasteiger partial charge on any atom is -0.380 e. The van der Waals surface area contributed by atoms with Gasteiger partial charge in [0.25, 0.3) is 0 Å². The van der Waals surface area contributed by atoms with Gasteiger partial charge in [-0.1, -0.05) is 22.9 Å². The molecule has 1 fully saturated rings. The smallest absolute Gasteiger partial charge is 0.0487 e. The first-order valence-corrected chi connectivity index (χ1v) is 8.13. The first-order chi connectivity index (χ1) is 7.66. The number of hydrogen-bond acceptors (Lipinski definition) is 2. The van der Waals surface area contributed by atoms with Crippen molar-refractivity contribution < 1.29 is 0 Å². The molecule has 16 heavy (non-hydrogen) atoms. The Hall–Kier alpha value is 0.330. The van der Waals surface area contributed by atoms with E-state index in [4.69, 9.17) is 0 Å². The van der Waals surface area contributed by atoms with Crippen LogP contribution in [0.15, 0.2) is 27.1 Å². The van der Waals surface area contributed by atoms with E-state index < -0.39 is 0 Å². The largest absolute Gasteiger partial charge is 0.380 e. The first kappa shape index (κ1) is 12.8. The van der Waals surface area contributed by atoms with Crippen LogP contribution in [0.3, 0.4) is 0 Å². The summed E-state index contributed by atoms with van der Waals surface area (Å²) in [6, 6.07) is 6.88. The summed E-state index contributed by atoms with van der Waals surface area (Å²) in [5.41, 5.74) is 1.20. The van der Waals surface area contributed by atoms with Crippen LogP contribution in [0.5, 0.6) is 0 Å². The summed E-state index contributed by atoms with van der Waals surface area (Å²) in [4.78, 5) is 0. The summed E-state index contributed by atoms with van der Waals surface area (Å²) in [5, 5.41) is 4.34. The summed E-state index contributed by atoms with van der Waals surface area (Å²) in [7, 11) is 0. The highest BCUT2D eigenvalue weighted by molar-refractivity contribution is 9.11. The van der Waals surface area contributed by atoms with Gasteiger partial charge in [0.1, 0.15) is 0 Å². The van der Waals surface area contributed by atoms with Crippen molar-refractivity contribution in [3.8, 4) is 0 Å². The van der Waals surface area contributed by atoms with Gasteiger partial charge in [0.15, 0.2) is 0 Å². The van der Waals surface area contributed by atoms with Gasteiger partial charge in [-0.15, -0.1) is 0 Å². The lowest BCUT2D eigenvalue weighted by Crippen LogP contribution is -2.32. The molecule has 1 N–H and O–H groups in total. The lowest BCUT2D eigenvalue weighted by Gasteiger charge is -2.30. The fourth-order valence-corrected chi connectivity index (χ4v) is 4.22. The SMILES string of the molecule is CC1SCCCC1Nc1ccc(Br)cc1Br. The molecule has 88 valence electrons. The molecule has 0 spiro atoms. The van der Waals surface area contributed by atoms with Crippen LogP contribution in [0, 0.1) is 0 Å². The van der Waals surface area contributed by atoms with Crippen molar-refractivity contribution in [1.29, 1.82) is 0 Å². The van der Waals surface area contributed by atoms with Gasteiger partial charge in [-0.25, -0.2) is 0 Å². The van der Waals surface area contributed by atoms with Gasteiger partial charge in [-0.05, 0) is 52.7 Å². The number of hydrogen-bond donors (Lipinski definition) is 1. The van der Waals surface area contributed by atoms with E-state index in [1.165, 1.54) is 24.3 Å². The molecule has 4 heteroatoms. The Morgan fingerprint density at radius 2 is 2.19 bits per heavy atom. The Bertz CT molecular complexity index is 370. The predicted octanol–water partition coefficient (Wildman–Crippen LogP) is 4.91. The molecule has 1 aliphatic heterocycles. The van der Waals surface area contributed by atoms with E-state index >= 15 is 0 Å². The highest BCUT2D eigenvalue weighted by Crippen LogP contribution is 2.31. The summed E-state index contributed by atoms with van der Waals surface area (Å²) in [6.07, 6.45) is 2.59. The van der Waals surface area contributed by atoms with Gasteiger partial charge in [0.05, 0.1) is 0 Å². The van der Waals surface area contributed by atoms with Gasteiger partial charge in [-0.2, -0.15) is 11.8 Å². The van der Waals surface area contributed by atoms with Gasteiger partial charge < -0.3 is 5.32 Å². The van der Waals surface area contributed by atoms with E-state index in [2.05, 4.69) is 74.1 Å². The van der Waals surface area contributed by atoms with E-state index in [0.29, 0.717) is 11.3 Å². The molecule has 1 heterocycles. The third-order valence-corrected chi connectivity index (χ3v) is 5.41. The van der Waals surface area contributed by atoms with Crippen LogP contribution in [0.4, 0.5) is 5.69 Å². The Labute approximate surface area is 118 Å². The third kappa shape index (κ3) is 3.17. The number of halogens is 2. The van der Waals surface area contributed by atoms with Crippen molar-refractivity contribution in [3.63, 3.8) is 0 Å². The lowest BCUT2D eigenvalue weighted by molar-refractivity contribution is 0.617. The zero-order valence-electron chi connectivity index (χ0n) is 9.17. The molecule has 2 unspecified atom stereocenters. The van der Waals surface area contributed by atoms with Gasteiger partial charge in [0, 0.05) is 25.9 Å². The summed E-state index contributed by atoms with van der Waals surface area (Å²) in [5.74, 6) is 1.31. The van der Waals surface area contributed by atoms with Crippen LogP contribution in [0.1, 0.15) is 19.8 Å². The van der Waals surface area contributed by atoms with Crippen LogP contribution >= 0.6 is 43.6 Å². The van der Waals surface area contributed by atoms with E-state index in [0.717, 1.165) is 8.95 Å². The quantitative estimate of drug-likeness (QED) is 0.800. The normalized spacial score (nSPS) is 25.4. The van der Waals surface area contributed by atoms with E-state index in [9.17, 15) is 0 Å². The predicted molar refractivity (Wildman–Crippen MR) is 80.4 cm³/mol. The fraction of sp³-hybridized carbons (Fsp3) is 0.500. The zero-order chi connectivity index (χ0) is 11.5. The van der Waals surface area contributed by atoms with Crippen molar-refractivity contribution >= 4 is 49.3 Å². The van der Waals surface area contributed by atoms with Gasteiger partial charge in [0.2, 0.25) is 0 Å². The Morgan fingerprint density at radius 1 is 1.38 bits per heavy atom. The summed E-state index contributed by atoms with van der Waals surface area (Å²) in [6.45, 7) is 2.31. The maximum atomic E-state index is 3.64. The minimum absolute atomic E-state index is 0.594. The van der Waals surface area contributed by atoms with Crippen molar-refractivity contribution in [2.24, 2.45) is 0 Å². The minimum atomic E-state index is 0.594. The highest BCUT2D eigenvalue weighted by atomic mass is 79.9. The van der Waals surface area contributed by atoms with E-state index in [1.54, 1.807) is 0 Å². The Balaban J connectivity index is 2.07. The molecule has 1 aromatic rings. The van der Waals surface area contributed by atoms with E-state index in [-0.39, 0.29) is 0 Å². The molecule has 2 rings (SSSR count). The molecular weight excluding hydrogens is 350 g/mol. The van der Waals surface area contributed by atoms with Crippen molar-refractivity contribution in [2.75, 3.05) is 11.1 Å². The molecule has 0 aromatic heterocycles. The van der Waals surface area contributed by atoms with Crippen LogP contribution in [0.25, 0.3) is 0 Å². The number of thioether (sulfide) groups is 1. The standard InChI is InChI=1S/C12H15Br2NS/c1-8-11(3-2-6-16-8)15-12-5-4-9(13)7-10(12)14/h4-5,7-8,11,15H,2-3,6H2,1H3. The Kier molecular flexibility index (Phi) is 4.62. The topological polar surface area (TPSA) is 12.0 Å². The molecular formula is C12H15Br2NS. The maximum Gasteiger partial charge on any atom is 0.0487 e. The average Bonchev–Trinajstić information content (AvgIpc) is 2.25. The molecule has 2 atom stereocenters. The maximum absolute atomic E-state index is 3.64. The van der Waals surface area contributed by atoms with Crippen LogP contribution < -0.4 is 5.32 Å². The number of nitrogens with one attached hydrogen (secondary N) is 1. The number of anilines is 1. The molecule has 0 radical (unpaired) electrons. The number of rotatable bonds is 2.